The van der Waals surface area contributed by atoms with Crippen molar-refractivity contribution in [2.24, 2.45) is 0 Å². The Labute approximate surface area is 177 Å². The maximum Gasteiger partial charge on any atom is 0.252 e. The summed E-state index contributed by atoms with van der Waals surface area (Å²) in [4.78, 5) is 20.2. The van der Waals surface area contributed by atoms with Crippen LogP contribution in [0.3, 0.4) is 0 Å². The zero-order valence-corrected chi connectivity index (χ0v) is 17.6. The minimum absolute atomic E-state index is 0.0774. The summed E-state index contributed by atoms with van der Waals surface area (Å²) in [6.07, 6.45) is 3.76. The molecule has 2 heterocycles. The molecule has 0 aliphatic carbocycles. The van der Waals surface area contributed by atoms with Gasteiger partial charge in [0.1, 0.15) is 5.82 Å². The minimum Gasteiger partial charge on any atom is -0.351 e. The Bertz CT molecular complexity index is 1050. The van der Waals surface area contributed by atoms with E-state index in [-0.39, 0.29) is 11.7 Å². The molecule has 1 saturated heterocycles. The fraction of sp³-hybridized carbons (Fsp3) is 0.360. The molecular formula is C25H28FN3O. The number of amides is 1. The van der Waals surface area contributed by atoms with Gasteiger partial charge >= 0.3 is 0 Å². The van der Waals surface area contributed by atoms with Crippen LogP contribution in [0.25, 0.3) is 22.0 Å². The number of nitrogens with one attached hydrogen (secondary N) is 1. The van der Waals surface area contributed by atoms with Crippen LogP contribution in [0.15, 0.2) is 48.5 Å². The smallest absolute Gasteiger partial charge is 0.252 e. The number of nitrogens with zero attached hydrogens (tertiary/aromatic N) is 2. The molecule has 3 aromatic rings. The summed E-state index contributed by atoms with van der Waals surface area (Å²) < 4.78 is 13.4. The summed E-state index contributed by atoms with van der Waals surface area (Å²) in [5.74, 6) is -0.349. The third-order valence-electron chi connectivity index (χ3n) is 5.99. The number of pyridine rings is 1. The van der Waals surface area contributed by atoms with E-state index in [1.165, 1.54) is 31.4 Å². The van der Waals surface area contributed by atoms with Gasteiger partial charge in [0.15, 0.2) is 0 Å². The summed E-state index contributed by atoms with van der Waals surface area (Å²) in [5.41, 5.74) is 3.96. The molecule has 0 spiro atoms. The standard InChI is InChI=1S/C25H28FN3O/c1-17-16-23(25(30)27-13-15-29-14-4-3-6-18(29)2)22-8-5-7-21(24(22)28-17)19-9-11-20(26)12-10-19/h5,7-12,16,18H,3-4,6,13-15H2,1-2H3,(H,27,30). The molecule has 1 aromatic heterocycles. The van der Waals surface area contributed by atoms with Crippen LogP contribution < -0.4 is 5.32 Å². The van der Waals surface area contributed by atoms with Crippen molar-refractivity contribution >= 4 is 16.8 Å². The van der Waals surface area contributed by atoms with Crippen LogP contribution in [0.5, 0.6) is 0 Å². The Balaban J connectivity index is 1.58. The topological polar surface area (TPSA) is 45.2 Å². The fourth-order valence-corrected chi connectivity index (χ4v) is 4.32. The second-order valence-corrected chi connectivity index (χ2v) is 8.16. The molecule has 2 aromatic carbocycles. The molecule has 0 bridgehead atoms. The highest BCUT2D eigenvalue weighted by Gasteiger charge is 2.19. The molecule has 1 unspecified atom stereocenters. The first-order valence-electron chi connectivity index (χ1n) is 10.7. The summed E-state index contributed by atoms with van der Waals surface area (Å²) in [5, 5.41) is 3.91. The van der Waals surface area contributed by atoms with Crippen molar-refractivity contribution in [1.82, 2.24) is 15.2 Å². The van der Waals surface area contributed by atoms with Gasteiger partial charge in [-0.25, -0.2) is 4.39 Å². The number of aryl methyl sites for hydroxylation is 1. The molecule has 4 rings (SSSR count). The summed E-state index contributed by atoms with van der Waals surface area (Å²) in [6.45, 7) is 6.76. The number of benzene rings is 2. The third kappa shape index (κ3) is 4.36. The zero-order valence-electron chi connectivity index (χ0n) is 17.6. The van der Waals surface area contributed by atoms with Gasteiger partial charge in [-0.15, -0.1) is 0 Å². The second kappa shape index (κ2) is 8.92. The van der Waals surface area contributed by atoms with Crippen LogP contribution in [0.4, 0.5) is 4.39 Å². The van der Waals surface area contributed by atoms with Crippen LogP contribution in [0, 0.1) is 12.7 Å². The Morgan fingerprint density at radius 1 is 1.20 bits per heavy atom. The molecule has 1 fully saturated rings. The van der Waals surface area contributed by atoms with Crippen LogP contribution in [0.2, 0.25) is 0 Å². The lowest BCUT2D eigenvalue weighted by atomic mass is 9.98. The van der Waals surface area contributed by atoms with Gasteiger partial charge in [0, 0.05) is 35.8 Å². The van der Waals surface area contributed by atoms with E-state index in [0.29, 0.717) is 18.2 Å². The summed E-state index contributed by atoms with van der Waals surface area (Å²) in [7, 11) is 0. The molecule has 30 heavy (non-hydrogen) atoms. The maximum absolute atomic E-state index is 13.4. The first-order chi connectivity index (χ1) is 14.5. The number of fused-ring (bicyclic) bond motifs is 1. The van der Waals surface area contributed by atoms with E-state index >= 15 is 0 Å². The zero-order chi connectivity index (χ0) is 21.1. The van der Waals surface area contributed by atoms with Crippen molar-refractivity contribution in [3.8, 4) is 11.1 Å². The van der Waals surface area contributed by atoms with Gasteiger partial charge in [-0.05, 0) is 57.0 Å². The fourth-order valence-electron chi connectivity index (χ4n) is 4.32. The average molecular weight is 406 g/mol. The number of rotatable bonds is 5. The molecule has 5 heteroatoms. The SMILES string of the molecule is Cc1cc(C(=O)NCCN2CCCCC2C)c2cccc(-c3ccc(F)cc3)c2n1. The van der Waals surface area contributed by atoms with Gasteiger partial charge in [0.25, 0.3) is 5.91 Å². The number of hydrogen-bond donors (Lipinski definition) is 1. The predicted octanol–water partition coefficient (Wildman–Crippen LogP) is 4.95. The molecular weight excluding hydrogens is 377 g/mol. The van der Waals surface area contributed by atoms with Gasteiger partial charge < -0.3 is 5.32 Å². The molecule has 1 aliphatic heterocycles. The average Bonchev–Trinajstić information content (AvgIpc) is 2.74. The molecule has 156 valence electrons. The van der Waals surface area contributed by atoms with Crippen LogP contribution in [-0.4, -0.2) is 41.5 Å². The van der Waals surface area contributed by atoms with E-state index in [1.54, 1.807) is 12.1 Å². The molecule has 1 N–H and O–H groups in total. The van der Waals surface area contributed by atoms with E-state index in [9.17, 15) is 9.18 Å². The summed E-state index contributed by atoms with van der Waals surface area (Å²) >= 11 is 0. The number of likely N-dealkylation sites (tertiary alicyclic amines) is 1. The Morgan fingerprint density at radius 2 is 2.00 bits per heavy atom. The van der Waals surface area contributed by atoms with Crippen molar-refractivity contribution in [3.05, 3.63) is 65.6 Å². The highest BCUT2D eigenvalue weighted by atomic mass is 19.1. The number of aromatic nitrogens is 1. The van der Waals surface area contributed by atoms with Crippen molar-refractivity contribution in [3.63, 3.8) is 0 Å². The van der Waals surface area contributed by atoms with Gasteiger partial charge in [-0.3, -0.25) is 14.7 Å². The summed E-state index contributed by atoms with van der Waals surface area (Å²) in [6, 6.07) is 14.6. The number of carbonyl (C=O) groups is 1. The quantitative estimate of drug-likeness (QED) is 0.653. The normalized spacial score (nSPS) is 17.2. The number of halogens is 1. The monoisotopic (exact) mass is 405 g/mol. The highest BCUT2D eigenvalue weighted by molar-refractivity contribution is 6.09. The largest absolute Gasteiger partial charge is 0.351 e. The number of piperidine rings is 1. The molecule has 0 saturated carbocycles. The lowest BCUT2D eigenvalue weighted by molar-refractivity contribution is 0.0940. The second-order valence-electron chi connectivity index (χ2n) is 8.16. The van der Waals surface area contributed by atoms with Gasteiger partial charge in [-0.2, -0.15) is 0 Å². The molecule has 1 aliphatic rings. The first-order valence-corrected chi connectivity index (χ1v) is 10.7. The molecule has 1 amide bonds. The van der Waals surface area contributed by atoms with Crippen molar-refractivity contribution in [2.45, 2.75) is 39.2 Å². The highest BCUT2D eigenvalue weighted by Crippen LogP contribution is 2.29. The van der Waals surface area contributed by atoms with E-state index < -0.39 is 0 Å². The lowest BCUT2D eigenvalue weighted by Gasteiger charge is -2.33. The number of carbonyl (C=O) groups excluding carboxylic acids is 1. The van der Waals surface area contributed by atoms with Crippen LogP contribution >= 0.6 is 0 Å². The van der Waals surface area contributed by atoms with Gasteiger partial charge in [0.05, 0.1) is 11.1 Å². The van der Waals surface area contributed by atoms with Gasteiger partial charge in [-0.1, -0.05) is 36.8 Å². The Kier molecular flexibility index (Phi) is 6.09. The number of hydrogen-bond acceptors (Lipinski definition) is 3. The molecule has 1 atom stereocenters. The van der Waals surface area contributed by atoms with Crippen molar-refractivity contribution in [2.75, 3.05) is 19.6 Å². The van der Waals surface area contributed by atoms with E-state index in [4.69, 9.17) is 4.98 Å². The minimum atomic E-state index is -0.272. The first kappa shape index (κ1) is 20.5. The van der Waals surface area contributed by atoms with E-state index in [0.717, 1.165) is 40.8 Å². The Hall–Kier alpha value is -2.79. The van der Waals surface area contributed by atoms with Crippen molar-refractivity contribution < 1.29 is 9.18 Å². The predicted molar refractivity (Wildman–Crippen MR) is 119 cm³/mol. The molecule has 4 nitrogen and oxygen atoms in total. The van der Waals surface area contributed by atoms with Crippen molar-refractivity contribution in [1.29, 1.82) is 0 Å². The van der Waals surface area contributed by atoms with Crippen LogP contribution in [-0.2, 0) is 0 Å². The molecule has 0 radical (unpaired) electrons. The maximum atomic E-state index is 13.4. The van der Waals surface area contributed by atoms with Crippen LogP contribution in [0.1, 0.15) is 42.2 Å². The van der Waals surface area contributed by atoms with E-state index in [2.05, 4.69) is 17.1 Å². The number of para-hydroxylation sites is 1. The lowest BCUT2D eigenvalue weighted by Crippen LogP contribution is -2.42. The third-order valence-corrected chi connectivity index (χ3v) is 5.99. The Morgan fingerprint density at radius 3 is 2.77 bits per heavy atom. The van der Waals surface area contributed by atoms with E-state index in [1.807, 2.05) is 31.2 Å². The van der Waals surface area contributed by atoms with Gasteiger partial charge in [0.2, 0.25) is 0 Å².